The number of aliphatic imine (C=N–C) groups is 1. The fourth-order valence-electron chi connectivity index (χ4n) is 9.32. The number of nitrogens with one attached hydrogen (secondary N) is 2. The molecule has 0 bridgehead atoms. The first-order valence-corrected chi connectivity index (χ1v) is 18.9. The highest BCUT2D eigenvalue weighted by molar-refractivity contribution is 5.99. The van der Waals surface area contributed by atoms with Crippen molar-refractivity contribution in [3.05, 3.63) is 47.3 Å². The average molecular weight is 634 g/mol. The topological polar surface area (TPSA) is 75.1 Å². The molecule has 0 amide bonds. The molecule has 2 saturated carbocycles. The highest BCUT2D eigenvalue weighted by Gasteiger charge is 2.52. The van der Waals surface area contributed by atoms with Crippen molar-refractivity contribution in [2.24, 2.45) is 51.8 Å². The third kappa shape index (κ3) is 6.96. The molecule has 0 saturated heterocycles. The standard InChI is InChI=1S/C40H63N3O3/c1-8-10-12-25(9-2)24-45-38-42-36(31-21-18-28-16-15-26-13-11-14-27-17-20-30(31)35(28)34(26)27)41-37(43-38)32-22-19-29(23-33(32)44)46-40(6,7)39(3,4)5/h11,13,19,21-22,25-30,34-35,37-38,43-44H,8-10,12,14-18,20,23-24H2,1-7H3,(H,41,42). The van der Waals surface area contributed by atoms with E-state index >= 15 is 0 Å². The molecule has 6 heteroatoms. The predicted molar refractivity (Wildman–Crippen MR) is 188 cm³/mol. The molecule has 0 aromatic carbocycles. The van der Waals surface area contributed by atoms with Gasteiger partial charge in [-0.3, -0.25) is 0 Å². The molecule has 3 N–H and O–H groups in total. The molecule has 0 aromatic heterocycles. The van der Waals surface area contributed by atoms with E-state index in [0.717, 1.165) is 53.8 Å². The van der Waals surface area contributed by atoms with Crippen LogP contribution in [0.3, 0.4) is 0 Å². The predicted octanol–water partition coefficient (Wildman–Crippen LogP) is 8.98. The highest BCUT2D eigenvalue weighted by Crippen LogP contribution is 2.58. The summed E-state index contributed by atoms with van der Waals surface area (Å²) in [5, 5.41) is 18.8. The van der Waals surface area contributed by atoms with Gasteiger partial charge in [0.2, 0.25) is 0 Å². The Labute approximate surface area is 279 Å². The lowest BCUT2D eigenvalue weighted by atomic mass is 9.49. The SMILES string of the molecule is CCCCC(CC)COC1NC(C2=CCC3CCC4C=CCC5CCC2C3C45)=NC(C2=C(O)CC(OC(C)(C)C(C)(C)C)C=C2)N1. The third-order valence-electron chi connectivity index (χ3n) is 13.0. The lowest BCUT2D eigenvalue weighted by Gasteiger charge is -2.56. The van der Waals surface area contributed by atoms with Crippen molar-refractivity contribution in [1.82, 2.24) is 10.6 Å². The minimum absolute atomic E-state index is 0.0214. The summed E-state index contributed by atoms with van der Waals surface area (Å²) in [6, 6.07) is 0. The van der Waals surface area contributed by atoms with Gasteiger partial charge >= 0.3 is 0 Å². The molecule has 1 heterocycles. The first kappa shape index (κ1) is 34.0. The van der Waals surface area contributed by atoms with E-state index in [-0.39, 0.29) is 29.6 Å². The molecule has 6 rings (SSSR count). The summed E-state index contributed by atoms with van der Waals surface area (Å²) in [4.78, 5) is 5.34. The summed E-state index contributed by atoms with van der Waals surface area (Å²) in [7, 11) is 0. The van der Waals surface area contributed by atoms with Gasteiger partial charge in [0.1, 0.15) is 17.8 Å². The van der Waals surface area contributed by atoms with Gasteiger partial charge in [-0.2, -0.15) is 0 Å². The molecule has 10 unspecified atom stereocenters. The summed E-state index contributed by atoms with van der Waals surface area (Å²) in [5.41, 5.74) is 1.88. The molecule has 10 atom stereocenters. The number of hydrogen-bond donors (Lipinski definition) is 3. The fourth-order valence-corrected chi connectivity index (χ4v) is 9.32. The van der Waals surface area contributed by atoms with Gasteiger partial charge in [0.25, 0.3) is 0 Å². The van der Waals surface area contributed by atoms with Crippen LogP contribution in [0.1, 0.15) is 119 Å². The molecule has 46 heavy (non-hydrogen) atoms. The number of nitrogens with zero attached hydrogens (tertiary/aromatic N) is 1. The van der Waals surface area contributed by atoms with E-state index < -0.39 is 0 Å². The molecule has 6 aliphatic rings. The number of aliphatic hydroxyl groups excluding tert-OH is 1. The molecule has 5 aliphatic carbocycles. The van der Waals surface area contributed by atoms with E-state index in [1.54, 1.807) is 0 Å². The van der Waals surface area contributed by atoms with Gasteiger partial charge in [0.15, 0.2) is 6.35 Å². The molecular weight excluding hydrogens is 570 g/mol. The van der Waals surface area contributed by atoms with Gasteiger partial charge in [0, 0.05) is 12.0 Å². The minimum Gasteiger partial charge on any atom is -0.512 e. The van der Waals surface area contributed by atoms with Crippen LogP contribution in [0.2, 0.25) is 0 Å². The lowest BCUT2D eigenvalue weighted by molar-refractivity contribution is -0.117. The van der Waals surface area contributed by atoms with Crippen molar-refractivity contribution in [1.29, 1.82) is 0 Å². The summed E-state index contributed by atoms with van der Waals surface area (Å²) in [6.45, 7) is 16.1. The second kappa shape index (κ2) is 13.9. The van der Waals surface area contributed by atoms with Crippen LogP contribution in [0.15, 0.2) is 52.3 Å². The van der Waals surface area contributed by atoms with Crippen molar-refractivity contribution in [2.45, 2.75) is 143 Å². The Bertz CT molecular complexity index is 1240. The Morgan fingerprint density at radius 3 is 2.52 bits per heavy atom. The van der Waals surface area contributed by atoms with E-state index in [4.69, 9.17) is 14.5 Å². The van der Waals surface area contributed by atoms with Crippen molar-refractivity contribution >= 4 is 5.84 Å². The molecule has 1 aliphatic heterocycles. The average Bonchev–Trinajstić information content (AvgIpc) is 3.03. The third-order valence-corrected chi connectivity index (χ3v) is 13.0. The van der Waals surface area contributed by atoms with Gasteiger partial charge in [-0.15, -0.1) is 0 Å². The van der Waals surface area contributed by atoms with E-state index in [0.29, 0.717) is 30.6 Å². The Morgan fingerprint density at radius 2 is 1.78 bits per heavy atom. The van der Waals surface area contributed by atoms with Crippen molar-refractivity contribution < 1.29 is 14.6 Å². The van der Waals surface area contributed by atoms with Crippen LogP contribution in [0.4, 0.5) is 0 Å². The molecule has 256 valence electrons. The zero-order chi connectivity index (χ0) is 32.6. The first-order chi connectivity index (χ1) is 22.0. The minimum atomic E-state index is -0.378. The van der Waals surface area contributed by atoms with Gasteiger partial charge in [0.05, 0.1) is 18.3 Å². The number of unbranched alkanes of at least 4 members (excludes halogenated alkanes) is 1. The number of ether oxygens (including phenoxy) is 2. The van der Waals surface area contributed by atoms with E-state index in [1.807, 2.05) is 6.08 Å². The lowest BCUT2D eigenvalue weighted by Crippen LogP contribution is -2.58. The zero-order valence-electron chi connectivity index (χ0n) is 29.9. The van der Waals surface area contributed by atoms with Crippen LogP contribution in [0.5, 0.6) is 0 Å². The highest BCUT2D eigenvalue weighted by atomic mass is 16.5. The molecule has 0 spiro atoms. The van der Waals surface area contributed by atoms with Crippen LogP contribution in [0, 0.1) is 46.8 Å². The quantitative estimate of drug-likeness (QED) is 0.198. The van der Waals surface area contributed by atoms with Gasteiger partial charge in [-0.05, 0) is 111 Å². The Kier molecular flexibility index (Phi) is 10.3. The first-order valence-electron chi connectivity index (χ1n) is 18.9. The summed E-state index contributed by atoms with van der Waals surface area (Å²) >= 11 is 0. The number of aliphatic hydroxyl groups is 1. The Hall–Kier alpha value is -1.89. The van der Waals surface area contributed by atoms with Crippen LogP contribution in [-0.2, 0) is 9.47 Å². The molecule has 0 aromatic rings. The normalized spacial score (nSPS) is 36.5. The van der Waals surface area contributed by atoms with Crippen LogP contribution in [0.25, 0.3) is 0 Å². The number of amidine groups is 1. The molecule has 2 fully saturated rings. The Morgan fingerprint density at radius 1 is 1.00 bits per heavy atom. The second-order valence-corrected chi connectivity index (χ2v) is 16.9. The number of rotatable bonds is 11. The van der Waals surface area contributed by atoms with Crippen LogP contribution < -0.4 is 10.6 Å². The Balaban J connectivity index is 1.25. The van der Waals surface area contributed by atoms with E-state index in [2.05, 4.69) is 83.4 Å². The van der Waals surface area contributed by atoms with Crippen molar-refractivity contribution in [3.8, 4) is 0 Å². The maximum Gasteiger partial charge on any atom is 0.187 e. The fraction of sp³-hybridized carbons (Fsp3) is 0.775. The van der Waals surface area contributed by atoms with E-state index in [9.17, 15) is 5.11 Å². The molecule has 6 nitrogen and oxygen atoms in total. The number of hydrogen-bond acceptors (Lipinski definition) is 6. The number of allylic oxidation sites excluding steroid dienone is 3. The molecule has 0 radical (unpaired) electrons. The zero-order valence-corrected chi connectivity index (χ0v) is 29.9. The maximum absolute atomic E-state index is 11.5. The summed E-state index contributed by atoms with van der Waals surface area (Å²) in [5.74, 6) is 6.42. The smallest absolute Gasteiger partial charge is 0.187 e. The maximum atomic E-state index is 11.5. The second-order valence-electron chi connectivity index (χ2n) is 16.9. The molecular formula is C40H63N3O3. The van der Waals surface area contributed by atoms with Gasteiger partial charge < -0.3 is 19.9 Å². The monoisotopic (exact) mass is 633 g/mol. The van der Waals surface area contributed by atoms with Crippen molar-refractivity contribution in [2.75, 3.05) is 6.61 Å². The van der Waals surface area contributed by atoms with E-state index in [1.165, 1.54) is 56.9 Å². The van der Waals surface area contributed by atoms with Crippen LogP contribution >= 0.6 is 0 Å². The van der Waals surface area contributed by atoms with Gasteiger partial charge in [-0.25, -0.2) is 10.3 Å². The van der Waals surface area contributed by atoms with Crippen molar-refractivity contribution in [3.63, 3.8) is 0 Å². The summed E-state index contributed by atoms with van der Waals surface area (Å²) in [6.07, 6.45) is 23.7. The largest absolute Gasteiger partial charge is 0.512 e. The van der Waals surface area contributed by atoms with Gasteiger partial charge in [-0.1, -0.05) is 84.3 Å². The summed E-state index contributed by atoms with van der Waals surface area (Å²) < 4.78 is 13.1. The van der Waals surface area contributed by atoms with Crippen LogP contribution in [-0.4, -0.2) is 41.8 Å².